The maximum absolute atomic E-state index is 11.5. The molecule has 0 radical (unpaired) electrons. The topological polar surface area (TPSA) is 53.9 Å². The van der Waals surface area contributed by atoms with Gasteiger partial charge in [0.25, 0.3) is 0 Å². The van der Waals surface area contributed by atoms with Crippen molar-refractivity contribution >= 4 is 23.7 Å². The molecule has 0 atom stereocenters. The molecule has 0 aromatic carbocycles. The summed E-state index contributed by atoms with van der Waals surface area (Å²) >= 11 is 1.86. The summed E-state index contributed by atoms with van der Waals surface area (Å²) in [6, 6.07) is 0. The van der Waals surface area contributed by atoms with Crippen LogP contribution in [0.4, 0.5) is 0 Å². The van der Waals surface area contributed by atoms with Gasteiger partial charge in [0.2, 0.25) is 0 Å². The first-order valence-corrected chi connectivity index (χ1v) is 8.14. The van der Waals surface area contributed by atoms with Crippen LogP contribution in [0.5, 0.6) is 0 Å². The van der Waals surface area contributed by atoms with E-state index in [0.29, 0.717) is 0 Å². The van der Waals surface area contributed by atoms with Gasteiger partial charge in [-0.15, -0.1) is 0 Å². The van der Waals surface area contributed by atoms with Gasteiger partial charge in [-0.2, -0.15) is 11.8 Å². The Balaban J connectivity index is 2.33. The third kappa shape index (κ3) is 5.30. The van der Waals surface area contributed by atoms with Gasteiger partial charge in [-0.1, -0.05) is 0 Å². The number of likely N-dealkylation sites (tertiary alicyclic amines) is 1. The standard InChI is InChI=1S/C13H25N3O2S/c1-14-13(15-7-4-10-19-3)16-8-5-11(6-9-16)12(17)18-2/h11H,4-10H2,1-3H3,(H,14,15). The Labute approximate surface area is 120 Å². The van der Waals surface area contributed by atoms with Crippen molar-refractivity contribution in [2.75, 3.05) is 45.8 Å². The highest BCUT2D eigenvalue weighted by Gasteiger charge is 2.26. The molecule has 0 unspecified atom stereocenters. The lowest BCUT2D eigenvalue weighted by atomic mass is 9.97. The van der Waals surface area contributed by atoms with E-state index in [2.05, 4.69) is 21.5 Å². The molecule has 19 heavy (non-hydrogen) atoms. The highest BCUT2D eigenvalue weighted by molar-refractivity contribution is 7.98. The van der Waals surface area contributed by atoms with Crippen LogP contribution in [0, 0.1) is 5.92 Å². The molecule has 0 spiro atoms. The molecular formula is C13H25N3O2S. The molecule has 1 rings (SSSR count). The number of guanidine groups is 1. The molecule has 6 heteroatoms. The first kappa shape index (κ1) is 16.1. The molecule has 0 aliphatic carbocycles. The van der Waals surface area contributed by atoms with Crippen LogP contribution in [0.3, 0.4) is 0 Å². The van der Waals surface area contributed by atoms with E-state index in [-0.39, 0.29) is 11.9 Å². The monoisotopic (exact) mass is 287 g/mol. The first-order chi connectivity index (χ1) is 9.22. The number of ether oxygens (including phenoxy) is 1. The zero-order valence-corrected chi connectivity index (χ0v) is 13.0. The largest absolute Gasteiger partial charge is 0.469 e. The molecule has 0 aromatic heterocycles. The Bertz CT molecular complexity index is 302. The number of esters is 1. The number of nitrogens with one attached hydrogen (secondary N) is 1. The van der Waals surface area contributed by atoms with Crippen molar-refractivity contribution in [1.82, 2.24) is 10.2 Å². The van der Waals surface area contributed by atoms with E-state index in [1.165, 1.54) is 7.11 Å². The second-order valence-corrected chi connectivity index (χ2v) is 5.59. The number of aliphatic imine (C=N–C) groups is 1. The minimum Gasteiger partial charge on any atom is -0.469 e. The van der Waals surface area contributed by atoms with Gasteiger partial charge in [0.05, 0.1) is 13.0 Å². The SMILES string of the molecule is CN=C(NCCCSC)N1CCC(C(=O)OC)CC1. The Morgan fingerprint density at radius 1 is 1.47 bits per heavy atom. The van der Waals surface area contributed by atoms with Crippen molar-refractivity contribution < 1.29 is 9.53 Å². The van der Waals surface area contributed by atoms with Gasteiger partial charge in [-0.25, -0.2) is 0 Å². The van der Waals surface area contributed by atoms with Crippen LogP contribution in [0.1, 0.15) is 19.3 Å². The molecule has 110 valence electrons. The Morgan fingerprint density at radius 3 is 2.68 bits per heavy atom. The highest BCUT2D eigenvalue weighted by atomic mass is 32.2. The highest BCUT2D eigenvalue weighted by Crippen LogP contribution is 2.18. The summed E-state index contributed by atoms with van der Waals surface area (Å²) in [6.45, 7) is 2.67. The molecule has 1 heterocycles. The van der Waals surface area contributed by atoms with Gasteiger partial charge in [-0.3, -0.25) is 9.79 Å². The van der Waals surface area contributed by atoms with Gasteiger partial charge >= 0.3 is 5.97 Å². The summed E-state index contributed by atoms with van der Waals surface area (Å²) in [5.41, 5.74) is 0. The van der Waals surface area contributed by atoms with Crippen molar-refractivity contribution in [1.29, 1.82) is 0 Å². The molecule has 1 aliphatic rings. The smallest absolute Gasteiger partial charge is 0.308 e. The van der Waals surface area contributed by atoms with Crippen molar-refractivity contribution in [3.8, 4) is 0 Å². The van der Waals surface area contributed by atoms with Crippen LogP contribution < -0.4 is 5.32 Å². The summed E-state index contributed by atoms with van der Waals surface area (Å²) < 4.78 is 4.80. The first-order valence-electron chi connectivity index (χ1n) is 6.75. The zero-order chi connectivity index (χ0) is 14.1. The Kier molecular flexibility index (Phi) is 7.70. The van der Waals surface area contributed by atoms with Crippen LogP contribution in [0.15, 0.2) is 4.99 Å². The van der Waals surface area contributed by atoms with Gasteiger partial charge in [0, 0.05) is 26.7 Å². The number of hydrogen-bond acceptors (Lipinski definition) is 4. The number of rotatable bonds is 5. The summed E-state index contributed by atoms with van der Waals surface area (Å²) in [5.74, 6) is 2.08. The van der Waals surface area contributed by atoms with E-state index in [1.807, 2.05) is 18.8 Å². The van der Waals surface area contributed by atoms with Crippen LogP contribution in [0.2, 0.25) is 0 Å². The lowest BCUT2D eigenvalue weighted by Crippen LogP contribution is -2.46. The van der Waals surface area contributed by atoms with Crippen molar-refractivity contribution in [3.63, 3.8) is 0 Å². The average molecular weight is 287 g/mol. The molecule has 0 saturated carbocycles. The van der Waals surface area contributed by atoms with Crippen molar-refractivity contribution in [3.05, 3.63) is 0 Å². The number of hydrogen-bond donors (Lipinski definition) is 1. The summed E-state index contributed by atoms with van der Waals surface area (Å²) in [4.78, 5) is 18.0. The van der Waals surface area contributed by atoms with E-state index < -0.39 is 0 Å². The lowest BCUT2D eigenvalue weighted by Gasteiger charge is -2.33. The minimum absolute atomic E-state index is 0.0517. The van der Waals surface area contributed by atoms with Crippen LogP contribution in [0.25, 0.3) is 0 Å². The molecule has 1 saturated heterocycles. The molecule has 1 fully saturated rings. The molecule has 0 amide bonds. The average Bonchev–Trinajstić information content (AvgIpc) is 2.47. The number of piperidine rings is 1. The van der Waals surface area contributed by atoms with Crippen LogP contribution >= 0.6 is 11.8 Å². The van der Waals surface area contributed by atoms with E-state index in [1.54, 1.807) is 0 Å². The van der Waals surface area contributed by atoms with Crippen LogP contribution in [-0.4, -0.2) is 62.6 Å². The quantitative estimate of drug-likeness (QED) is 0.356. The van der Waals surface area contributed by atoms with Crippen LogP contribution in [-0.2, 0) is 9.53 Å². The Hall–Kier alpha value is -0.910. The lowest BCUT2D eigenvalue weighted by molar-refractivity contribution is -0.146. The predicted octanol–water partition coefficient (Wildman–Crippen LogP) is 1.20. The van der Waals surface area contributed by atoms with Gasteiger partial charge in [-0.05, 0) is 31.3 Å². The van der Waals surface area contributed by atoms with E-state index in [4.69, 9.17) is 4.74 Å². The van der Waals surface area contributed by atoms with Gasteiger partial charge in [0.15, 0.2) is 5.96 Å². The Morgan fingerprint density at radius 2 is 2.16 bits per heavy atom. The fourth-order valence-corrected chi connectivity index (χ4v) is 2.68. The van der Waals surface area contributed by atoms with Crippen molar-refractivity contribution in [2.45, 2.75) is 19.3 Å². The number of carbonyl (C=O) groups is 1. The maximum atomic E-state index is 11.5. The van der Waals surface area contributed by atoms with E-state index >= 15 is 0 Å². The fourth-order valence-electron chi connectivity index (χ4n) is 2.24. The molecule has 1 aliphatic heterocycles. The maximum Gasteiger partial charge on any atom is 0.308 e. The van der Waals surface area contributed by atoms with E-state index in [9.17, 15) is 4.79 Å². The third-order valence-electron chi connectivity index (χ3n) is 3.35. The molecular weight excluding hydrogens is 262 g/mol. The number of nitrogens with zero attached hydrogens (tertiary/aromatic N) is 2. The second-order valence-electron chi connectivity index (χ2n) is 4.60. The number of carbonyl (C=O) groups excluding carboxylic acids is 1. The number of methoxy groups -OCH3 is 1. The fraction of sp³-hybridized carbons (Fsp3) is 0.846. The van der Waals surface area contributed by atoms with Gasteiger partial charge in [0.1, 0.15) is 0 Å². The van der Waals surface area contributed by atoms with Crippen molar-refractivity contribution in [2.24, 2.45) is 10.9 Å². The zero-order valence-electron chi connectivity index (χ0n) is 12.1. The molecule has 0 bridgehead atoms. The van der Waals surface area contributed by atoms with E-state index in [0.717, 1.165) is 50.6 Å². The summed E-state index contributed by atoms with van der Waals surface area (Å²) in [5, 5.41) is 3.38. The summed E-state index contributed by atoms with van der Waals surface area (Å²) in [6.07, 6.45) is 4.95. The third-order valence-corrected chi connectivity index (χ3v) is 4.05. The predicted molar refractivity (Wildman–Crippen MR) is 80.7 cm³/mol. The molecule has 1 N–H and O–H groups in total. The number of thioether (sulfide) groups is 1. The molecule has 0 aromatic rings. The molecule has 5 nitrogen and oxygen atoms in total. The summed E-state index contributed by atoms with van der Waals surface area (Å²) in [7, 11) is 3.27. The second kappa shape index (κ2) is 9.07. The normalized spacial score (nSPS) is 17.4. The minimum atomic E-state index is -0.0810. The van der Waals surface area contributed by atoms with Gasteiger partial charge < -0.3 is 15.0 Å².